The molecule has 1 heterocycles. The minimum absolute atomic E-state index is 0. The second kappa shape index (κ2) is 11.9. The molecule has 0 N–H and O–H groups in total. The van der Waals surface area contributed by atoms with Crippen molar-refractivity contribution in [2.45, 2.75) is 19.8 Å². The van der Waals surface area contributed by atoms with Gasteiger partial charge >= 0.3 is 0 Å². The fourth-order valence-electron chi connectivity index (χ4n) is 0.510. The Morgan fingerprint density at radius 3 is 1.78 bits per heavy atom. The van der Waals surface area contributed by atoms with Crippen LogP contribution >= 0.6 is 15.9 Å². The number of ether oxygens (including phenoxy) is 1. The predicted octanol–water partition coefficient (Wildman–Crippen LogP) is 1.82. The third-order valence-corrected chi connectivity index (χ3v) is 0.827. The molecule has 0 unspecified atom stereocenters. The first-order valence-corrected chi connectivity index (χ1v) is 4.17. The maximum absolute atomic E-state index is 4.94. The summed E-state index contributed by atoms with van der Waals surface area (Å²) in [5.74, 6) is 0. The molecule has 1 nitrogen and oxygen atoms in total. The standard InChI is InChI=1S/C4H8O.C2H5Br.Mg/c1-2-4-5-3-1;1-2-3;/h1-4H2;2H2,1H3;. The van der Waals surface area contributed by atoms with Crippen molar-refractivity contribution in [3.8, 4) is 0 Å². The lowest BCUT2D eigenvalue weighted by Crippen LogP contribution is -1.74. The number of hydrogen-bond donors (Lipinski definition) is 0. The van der Waals surface area contributed by atoms with Crippen molar-refractivity contribution >= 4 is 39.0 Å². The molecular formula is C6H13BrMgO. The van der Waals surface area contributed by atoms with Gasteiger partial charge in [0.2, 0.25) is 0 Å². The average Bonchev–Trinajstić information content (AvgIpc) is 2.17. The highest BCUT2D eigenvalue weighted by Gasteiger charge is 1.94. The van der Waals surface area contributed by atoms with Crippen LogP contribution in [0.1, 0.15) is 19.8 Å². The molecule has 0 atom stereocenters. The summed E-state index contributed by atoms with van der Waals surface area (Å²) in [5, 5.41) is 1.06. The van der Waals surface area contributed by atoms with Crippen LogP contribution in [0.15, 0.2) is 0 Å². The Kier molecular flexibility index (Phi) is 17.0. The number of rotatable bonds is 0. The molecule has 1 rings (SSSR count). The molecule has 2 radical (unpaired) electrons. The van der Waals surface area contributed by atoms with Gasteiger partial charge in [-0.25, -0.2) is 0 Å². The quantitative estimate of drug-likeness (QED) is 0.433. The molecule has 0 bridgehead atoms. The van der Waals surface area contributed by atoms with Gasteiger partial charge in [-0.15, -0.1) is 0 Å². The van der Waals surface area contributed by atoms with Crippen LogP contribution in [-0.2, 0) is 4.74 Å². The lowest BCUT2D eigenvalue weighted by Gasteiger charge is -1.76. The third kappa shape index (κ3) is 12.4. The summed E-state index contributed by atoms with van der Waals surface area (Å²) in [6, 6.07) is 0. The fourth-order valence-corrected chi connectivity index (χ4v) is 0.510. The molecule has 1 saturated heterocycles. The van der Waals surface area contributed by atoms with Gasteiger partial charge in [-0.1, -0.05) is 22.9 Å². The van der Waals surface area contributed by atoms with Crippen LogP contribution in [0.25, 0.3) is 0 Å². The molecule has 0 aromatic heterocycles. The average molecular weight is 205 g/mol. The maximum atomic E-state index is 4.94. The predicted molar refractivity (Wildman–Crippen MR) is 45.3 cm³/mol. The van der Waals surface area contributed by atoms with Gasteiger partial charge < -0.3 is 4.74 Å². The van der Waals surface area contributed by atoms with E-state index in [-0.39, 0.29) is 23.1 Å². The summed E-state index contributed by atoms with van der Waals surface area (Å²) in [7, 11) is 0. The molecule has 0 spiro atoms. The van der Waals surface area contributed by atoms with E-state index in [9.17, 15) is 0 Å². The van der Waals surface area contributed by atoms with E-state index in [0.717, 1.165) is 18.5 Å². The topological polar surface area (TPSA) is 9.23 Å². The number of hydrogen-bond acceptors (Lipinski definition) is 1. The van der Waals surface area contributed by atoms with Crippen molar-refractivity contribution < 1.29 is 4.74 Å². The fraction of sp³-hybridized carbons (Fsp3) is 1.00. The highest BCUT2D eigenvalue weighted by molar-refractivity contribution is 9.09. The van der Waals surface area contributed by atoms with Gasteiger partial charge in [-0.3, -0.25) is 0 Å². The summed E-state index contributed by atoms with van der Waals surface area (Å²) in [5.41, 5.74) is 0. The van der Waals surface area contributed by atoms with Gasteiger partial charge in [0.1, 0.15) is 0 Å². The van der Waals surface area contributed by atoms with Crippen LogP contribution < -0.4 is 0 Å². The summed E-state index contributed by atoms with van der Waals surface area (Å²) >= 11 is 3.15. The van der Waals surface area contributed by atoms with E-state index in [4.69, 9.17) is 4.74 Å². The van der Waals surface area contributed by atoms with Crippen molar-refractivity contribution in [1.82, 2.24) is 0 Å². The van der Waals surface area contributed by atoms with Crippen molar-refractivity contribution in [2.75, 3.05) is 18.5 Å². The van der Waals surface area contributed by atoms with E-state index in [1.165, 1.54) is 12.8 Å². The van der Waals surface area contributed by atoms with Crippen molar-refractivity contribution in [3.63, 3.8) is 0 Å². The highest BCUT2D eigenvalue weighted by atomic mass is 79.9. The van der Waals surface area contributed by atoms with Gasteiger partial charge in [0.15, 0.2) is 0 Å². The Balaban J connectivity index is 0. The van der Waals surface area contributed by atoms with Crippen molar-refractivity contribution in [3.05, 3.63) is 0 Å². The Morgan fingerprint density at radius 1 is 1.33 bits per heavy atom. The van der Waals surface area contributed by atoms with Crippen LogP contribution in [0.2, 0.25) is 0 Å². The Bertz CT molecular complexity index is 32.4. The summed E-state index contributed by atoms with van der Waals surface area (Å²) < 4.78 is 4.94. The molecule has 0 aromatic carbocycles. The minimum Gasteiger partial charge on any atom is -0.381 e. The van der Waals surface area contributed by atoms with Crippen molar-refractivity contribution in [1.29, 1.82) is 0 Å². The SMILES string of the molecule is C1CCOC1.CCBr.[Mg]. The first-order chi connectivity index (χ1) is 3.91. The molecular weight excluding hydrogens is 192 g/mol. The van der Waals surface area contributed by atoms with Crippen LogP contribution in [0.4, 0.5) is 0 Å². The molecule has 3 heteroatoms. The van der Waals surface area contributed by atoms with Crippen LogP contribution in [0.5, 0.6) is 0 Å². The molecule has 1 aliphatic heterocycles. The Morgan fingerprint density at radius 2 is 1.67 bits per heavy atom. The van der Waals surface area contributed by atoms with Gasteiger partial charge in [0, 0.05) is 41.6 Å². The molecule has 0 saturated carbocycles. The van der Waals surface area contributed by atoms with Gasteiger partial charge in [-0.2, -0.15) is 0 Å². The van der Waals surface area contributed by atoms with E-state index < -0.39 is 0 Å². The number of alkyl halides is 1. The first-order valence-electron chi connectivity index (χ1n) is 3.05. The van der Waals surface area contributed by atoms with E-state index >= 15 is 0 Å². The van der Waals surface area contributed by atoms with E-state index in [0.29, 0.717) is 0 Å². The molecule has 0 aromatic rings. The van der Waals surface area contributed by atoms with E-state index in [1.807, 2.05) is 6.92 Å². The lowest BCUT2D eigenvalue weighted by molar-refractivity contribution is 0.198. The van der Waals surface area contributed by atoms with Crippen molar-refractivity contribution in [2.24, 2.45) is 0 Å². The zero-order valence-electron chi connectivity index (χ0n) is 6.03. The molecule has 0 amide bonds. The normalized spacial score (nSPS) is 15.3. The highest BCUT2D eigenvalue weighted by Crippen LogP contribution is 1.98. The van der Waals surface area contributed by atoms with E-state index in [2.05, 4.69) is 15.9 Å². The molecule has 52 valence electrons. The summed E-state index contributed by atoms with van der Waals surface area (Å²) in [6.07, 6.45) is 2.56. The van der Waals surface area contributed by atoms with Gasteiger partial charge in [0.05, 0.1) is 0 Å². The first kappa shape index (κ1) is 12.8. The minimum atomic E-state index is 0. The van der Waals surface area contributed by atoms with Crippen LogP contribution in [0.3, 0.4) is 0 Å². The lowest BCUT2D eigenvalue weighted by atomic mass is 10.4. The zero-order chi connectivity index (χ0) is 6.24. The summed E-state index contributed by atoms with van der Waals surface area (Å²) in [6.45, 7) is 4.04. The molecule has 9 heavy (non-hydrogen) atoms. The third-order valence-electron chi connectivity index (χ3n) is 0.827. The second-order valence-corrected chi connectivity index (χ2v) is 2.71. The molecule has 1 aliphatic rings. The largest absolute Gasteiger partial charge is 0.381 e. The van der Waals surface area contributed by atoms with E-state index in [1.54, 1.807) is 0 Å². The summed E-state index contributed by atoms with van der Waals surface area (Å²) in [4.78, 5) is 0. The molecule has 1 fully saturated rings. The van der Waals surface area contributed by atoms with Crippen LogP contribution in [0, 0.1) is 0 Å². The van der Waals surface area contributed by atoms with Crippen LogP contribution in [-0.4, -0.2) is 41.6 Å². The Hall–Kier alpha value is 1.21. The van der Waals surface area contributed by atoms with Gasteiger partial charge in [0.25, 0.3) is 0 Å². The van der Waals surface area contributed by atoms with Gasteiger partial charge in [-0.05, 0) is 12.8 Å². The monoisotopic (exact) mass is 204 g/mol. The molecule has 0 aliphatic carbocycles. The second-order valence-electron chi connectivity index (χ2n) is 1.59. The zero-order valence-corrected chi connectivity index (χ0v) is 9.03. The maximum Gasteiger partial charge on any atom is 0.0466 e. The Labute approximate surface area is 81.8 Å². The smallest absolute Gasteiger partial charge is 0.0466 e. The number of halogens is 1.